The van der Waals surface area contributed by atoms with Crippen LogP contribution < -0.4 is 10.5 Å². The average Bonchev–Trinajstić information content (AvgIpc) is 3.10. The van der Waals surface area contributed by atoms with Crippen LogP contribution in [0, 0.1) is 0 Å². The molecule has 0 heterocycles. The minimum Gasteiger partial charge on any atom is -0.494 e. The van der Waals surface area contributed by atoms with Gasteiger partial charge >= 0.3 is 0 Å². The smallest absolute Gasteiger partial charge is 0.242 e. The van der Waals surface area contributed by atoms with Crippen molar-refractivity contribution in [1.82, 2.24) is 4.90 Å². The second-order valence-electron chi connectivity index (χ2n) is 4.89. The molecule has 1 saturated carbocycles. The van der Waals surface area contributed by atoms with Crippen LogP contribution in [0.15, 0.2) is 24.3 Å². The lowest BCUT2D eigenvalue weighted by Gasteiger charge is -2.21. The average molecular weight is 285 g/mol. The Morgan fingerprint density at radius 3 is 2.42 bits per heavy atom. The number of hydrogen-bond donors (Lipinski definition) is 1. The van der Waals surface area contributed by atoms with Crippen molar-refractivity contribution < 1.29 is 9.53 Å². The van der Waals surface area contributed by atoms with Crippen LogP contribution in [0.4, 0.5) is 0 Å². The van der Waals surface area contributed by atoms with Crippen molar-refractivity contribution in [1.29, 1.82) is 0 Å². The minimum atomic E-state index is -0.583. The number of rotatable bonds is 5. The molecule has 1 aliphatic rings. The molecule has 5 heteroatoms. The Balaban J connectivity index is 0.00000180. The lowest BCUT2D eigenvalue weighted by Crippen LogP contribution is -2.43. The molecule has 4 nitrogen and oxygen atoms in total. The molecule has 2 N–H and O–H groups in total. The summed E-state index contributed by atoms with van der Waals surface area (Å²) in [7, 11) is 1.80. The summed E-state index contributed by atoms with van der Waals surface area (Å²) in [5.41, 5.74) is 6.40. The van der Waals surface area contributed by atoms with Crippen LogP contribution in [-0.4, -0.2) is 30.0 Å². The van der Waals surface area contributed by atoms with E-state index in [0.29, 0.717) is 13.2 Å². The molecule has 106 valence electrons. The lowest BCUT2D eigenvalue weighted by atomic mass is 10.2. The number of ether oxygens (including phenoxy) is 1. The predicted octanol–water partition coefficient (Wildman–Crippen LogP) is 1.96. The molecule has 0 radical (unpaired) electrons. The first-order valence-electron chi connectivity index (χ1n) is 6.31. The molecule has 2 rings (SSSR count). The van der Waals surface area contributed by atoms with Gasteiger partial charge in [-0.3, -0.25) is 4.79 Å². The first-order valence-corrected chi connectivity index (χ1v) is 6.31. The van der Waals surface area contributed by atoms with Crippen LogP contribution in [0.2, 0.25) is 0 Å². The van der Waals surface area contributed by atoms with Gasteiger partial charge in [-0.05, 0) is 37.5 Å². The summed E-state index contributed by atoms with van der Waals surface area (Å²) < 4.78 is 5.38. The van der Waals surface area contributed by atoms with E-state index >= 15 is 0 Å². The molecule has 1 amide bonds. The van der Waals surface area contributed by atoms with Gasteiger partial charge in [0.25, 0.3) is 0 Å². The van der Waals surface area contributed by atoms with E-state index < -0.39 is 5.54 Å². The topological polar surface area (TPSA) is 55.6 Å². The fourth-order valence-electron chi connectivity index (χ4n) is 1.93. The van der Waals surface area contributed by atoms with Gasteiger partial charge in [0.05, 0.1) is 12.1 Å². The third kappa shape index (κ3) is 3.85. The zero-order valence-corrected chi connectivity index (χ0v) is 12.2. The van der Waals surface area contributed by atoms with E-state index in [9.17, 15) is 4.79 Å². The zero-order chi connectivity index (χ0) is 13.2. The number of nitrogens with zero attached hydrogens (tertiary/aromatic N) is 1. The predicted molar refractivity (Wildman–Crippen MR) is 77.5 cm³/mol. The highest BCUT2D eigenvalue weighted by Gasteiger charge is 2.47. The molecule has 1 aromatic rings. The third-order valence-corrected chi connectivity index (χ3v) is 3.22. The zero-order valence-electron chi connectivity index (χ0n) is 11.4. The van der Waals surface area contributed by atoms with E-state index in [1.165, 1.54) is 0 Å². The van der Waals surface area contributed by atoms with Gasteiger partial charge in [0.2, 0.25) is 5.91 Å². The second-order valence-corrected chi connectivity index (χ2v) is 4.89. The first-order chi connectivity index (χ1) is 8.55. The van der Waals surface area contributed by atoms with E-state index in [1.807, 2.05) is 31.2 Å². The Morgan fingerprint density at radius 2 is 1.95 bits per heavy atom. The number of nitrogens with two attached hydrogens (primary N) is 1. The van der Waals surface area contributed by atoms with E-state index in [0.717, 1.165) is 24.2 Å². The largest absolute Gasteiger partial charge is 0.494 e. The van der Waals surface area contributed by atoms with Gasteiger partial charge in [0, 0.05) is 13.6 Å². The molecule has 0 bridgehead atoms. The molecular weight excluding hydrogens is 264 g/mol. The van der Waals surface area contributed by atoms with Gasteiger partial charge in [0.1, 0.15) is 5.75 Å². The number of hydrogen-bond acceptors (Lipinski definition) is 3. The van der Waals surface area contributed by atoms with Crippen LogP contribution in [0.5, 0.6) is 5.75 Å². The maximum absolute atomic E-state index is 12.0. The van der Waals surface area contributed by atoms with Gasteiger partial charge in [-0.2, -0.15) is 0 Å². The van der Waals surface area contributed by atoms with E-state index in [2.05, 4.69) is 0 Å². The molecule has 0 saturated heterocycles. The van der Waals surface area contributed by atoms with Crippen LogP contribution in [0.3, 0.4) is 0 Å². The number of amides is 1. The summed E-state index contributed by atoms with van der Waals surface area (Å²) in [5.74, 6) is 0.893. The Labute approximate surface area is 120 Å². The Bertz CT molecular complexity index is 430. The quantitative estimate of drug-likeness (QED) is 0.899. The first kappa shape index (κ1) is 15.8. The summed E-state index contributed by atoms with van der Waals surface area (Å²) in [6, 6.07) is 7.80. The molecular formula is C14H21ClN2O2. The van der Waals surface area contributed by atoms with Crippen molar-refractivity contribution in [3.63, 3.8) is 0 Å². The van der Waals surface area contributed by atoms with Gasteiger partial charge in [-0.25, -0.2) is 0 Å². The number of halogens is 1. The van der Waals surface area contributed by atoms with E-state index in [1.54, 1.807) is 11.9 Å². The van der Waals surface area contributed by atoms with Gasteiger partial charge < -0.3 is 15.4 Å². The molecule has 1 aliphatic carbocycles. The van der Waals surface area contributed by atoms with Crippen LogP contribution in [0.1, 0.15) is 25.3 Å². The molecule has 0 spiro atoms. The highest BCUT2D eigenvalue weighted by molar-refractivity contribution is 5.88. The minimum absolute atomic E-state index is 0. The number of benzene rings is 1. The molecule has 0 atom stereocenters. The maximum atomic E-state index is 12.0. The van der Waals surface area contributed by atoms with Crippen molar-refractivity contribution in [2.75, 3.05) is 13.7 Å². The van der Waals surface area contributed by atoms with Crippen molar-refractivity contribution in [2.24, 2.45) is 5.73 Å². The number of likely N-dealkylation sites (N-methyl/N-ethyl adjacent to an activating group) is 1. The van der Waals surface area contributed by atoms with Crippen molar-refractivity contribution >= 4 is 18.3 Å². The van der Waals surface area contributed by atoms with Crippen molar-refractivity contribution in [2.45, 2.75) is 31.8 Å². The van der Waals surface area contributed by atoms with Crippen LogP contribution in [-0.2, 0) is 11.3 Å². The summed E-state index contributed by atoms with van der Waals surface area (Å²) in [6.45, 7) is 3.20. The SMILES string of the molecule is CCOc1ccc(CN(C)C(=O)C2(N)CC2)cc1.Cl. The highest BCUT2D eigenvalue weighted by atomic mass is 35.5. The molecule has 1 aromatic carbocycles. The molecule has 1 fully saturated rings. The molecule has 0 aliphatic heterocycles. The summed E-state index contributed by atoms with van der Waals surface area (Å²) in [6.07, 6.45) is 1.61. The van der Waals surface area contributed by atoms with Gasteiger partial charge in [0.15, 0.2) is 0 Å². The fraction of sp³-hybridized carbons (Fsp3) is 0.500. The molecule has 19 heavy (non-hydrogen) atoms. The summed E-state index contributed by atoms with van der Waals surface area (Å²) in [5, 5.41) is 0. The third-order valence-electron chi connectivity index (χ3n) is 3.22. The Morgan fingerprint density at radius 1 is 1.37 bits per heavy atom. The standard InChI is InChI=1S/C14H20N2O2.ClH/c1-3-18-12-6-4-11(5-7-12)10-16(2)13(17)14(15)8-9-14;/h4-7H,3,8-10,15H2,1-2H3;1H. The van der Waals surface area contributed by atoms with E-state index in [-0.39, 0.29) is 18.3 Å². The maximum Gasteiger partial charge on any atom is 0.242 e. The normalized spacial score (nSPS) is 15.3. The van der Waals surface area contributed by atoms with Gasteiger partial charge in [-0.1, -0.05) is 12.1 Å². The fourth-order valence-corrected chi connectivity index (χ4v) is 1.93. The number of carbonyl (C=O) groups excluding carboxylic acids is 1. The number of carbonyl (C=O) groups is 1. The second kappa shape index (κ2) is 6.26. The monoisotopic (exact) mass is 284 g/mol. The lowest BCUT2D eigenvalue weighted by molar-refractivity contribution is -0.132. The molecule has 0 unspecified atom stereocenters. The molecule has 0 aromatic heterocycles. The summed E-state index contributed by atoms with van der Waals surface area (Å²) >= 11 is 0. The highest BCUT2D eigenvalue weighted by Crippen LogP contribution is 2.34. The van der Waals surface area contributed by atoms with Crippen LogP contribution >= 0.6 is 12.4 Å². The van der Waals surface area contributed by atoms with Crippen molar-refractivity contribution in [3.05, 3.63) is 29.8 Å². The van der Waals surface area contributed by atoms with E-state index in [4.69, 9.17) is 10.5 Å². The Hall–Kier alpha value is -1.26. The Kier molecular flexibility index (Phi) is 5.20. The van der Waals surface area contributed by atoms with Gasteiger partial charge in [-0.15, -0.1) is 12.4 Å². The van der Waals surface area contributed by atoms with Crippen molar-refractivity contribution in [3.8, 4) is 5.75 Å². The summed E-state index contributed by atoms with van der Waals surface area (Å²) in [4.78, 5) is 13.7. The van der Waals surface area contributed by atoms with Crippen LogP contribution in [0.25, 0.3) is 0 Å².